The number of hydrogen-bond acceptors (Lipinski definition) is 4. The number of amides is 1. The van der Waals surface area contributed by atoms with Gasteiger partial charge in [-0.1, -0.05) is 24.3 Å². The van der Waals surface area contributed by atoms with E-state index in [2.05, 4.69) is 10.6 Å². The molecule has 0 bridgehead atoms. The molecule has 1 aliphatic heterocycles. The van der Waals surface area contributed by atoms with Gasteiger partial charge in [-0.05, 0) is 18.1 Å². The van der Waals surface area contributed by atoms with Crippen LogP contribution in [0.1, 0.15) is 18.1 Å². The van der Waals surface area contributed by atoms with Gasteiger partial charge < -0.3 is 20.5 Å². The molecule has 0 radical (unpaired) electrons. The van der Waals surface area contributed by atoms with Crippen LogP contribution < -0.4 is 10.6 Å². The van der Waals surface area contributed by atoms with Gasteiger partial charge in [0.2, 0.25) is 5.91 Å². The molecule has 114 valence electrons. The zero-order valence-electron chi connectivity index (χ0n) is 12.0. The Morgan fingerprint density at radius 3 is 2.57 bits per heavy atom. The number of hydrogen-bond donors (Lipinski definition) is 3. The van der Waals surface area contributed by atoms with Crippen LogP contribution in [0.4, 0.5) is 0 Å². The number of rotatable bonds is 7. The maximum Gasteiger partial charge on any atom is 0.307 e. The number of carboxylic acid groups (broad SMARTS) is 1. The summed E-state index contributed by atoms with van der Waals surface area (Å²) in [5, 5.41) is 14.7. The number of ether oxygens (including phenoxy) is 1. The summed E-state index contributed by atoms with van der Waals surface area (Å²) in [4.78, 5) is 22.6. The van der Waals surface area contributed by atoms with E-state index >= 15 is 0 Å². The Morgan fingerprint density at radius 1 is 1.33 bits per heavy atom. The number of carboxylic acids is 1. The standard InChI is InChI=1S/C15H20N2O4/c1-15(9-16-10-15)21-8-13(18)17-7-12-5-3-2-4-11(12)6-14(19)20/h2-5,16H,6-10H2,1H3,(H,17,18)(H,19,20). The molecule has 6 nitrogen and oxygen atoms in total. The van der Waals surface area contributed by atoms with Crippen LogP contribution in [0.15, 0.2) is 24.3 Å². The van der Waals surface area contributed by atoms with Crippen LogP contribution in [0.2, 0.25) is 0 Å². The van der Waals surface area contributed by atoms with Crippen molar-refractivity contribution in [1.29, 1.82) is 0 Å². The summed E-state index contributed by atoms with van der Waals surface area (Å²) in [5.41, 5.74) is 1.27. The summed E-state index contributed by atoms with van der Waals surface area (Å²) in [6, 6.07) is 7.19. The smallest absolute Gasteiger partial charge is 0.307 e. The van der Waals surface area contributed by atoms with E-state index < -0.39 is 5.97 Å². The lowest BCUT2D eigenvalue weighted by atomic mass is 10.0. The van der Waals surface area contributed by atoms with Crippen molar-refractivity contribution in [3.05, 3.63) is 35.4 Å². The zero-order valence-corrected chi connectivity index (χ0v) is 12.0. The fourth-order valence-corrected chi connectivity index (χ4v) is 2.13. The van der Waals surface area contributed by atoms with Crippen LogP contribution in [-0.2, 0) is 27.3 Å². The lowest BCUT2D eigenvalue weighted by Gasteiger charge is -2.38. The first-order chi connectivity index (χ1) is 9.98. The predicted octanol–water partition coefficient (Wildman–Crippen LogP) is 0.308. The van der Waals surface area contributed by atoms with Gasteiger partial charge in [0.25, 0.3) is 0 Å². The topological polar surface area (TPSA) is 87.7 Å². The third kappa shape index (κ3) is 4.54. The maximum absolute atomic E-state index is 11.8. The molecule has 1 amide bonds. The highest BCUT2D eigenvalue weighted by Gasteiger charge is 2.32. The van der Waals surface area contributed by atoms with Crippen molar-refractivity contribution in [1.82, 2.24) is 10.6 Å². The van der Waals surface area contributed by atoms with Crippen molar-refractivity contribution in [3.63, 3.8) is 0 Å². The Morgan fingerprint density at radius 2 is 2.00 bits per heavy atom. The minimum absolute atomic E-state index is 0.0132. The predicted molar refractivity (Wildman–Crippen MR) is 76.9 cm³/mol. The van der Waals surface area contributed by atoms with E-state index in [0.717, 1.165) is 18.7 Å². The van der Waals surface area contributed by atoms with Crippen molar-refractivity contribution in [2.75, 3.05) is 19.7 Å². The van der Waals surface area contributed by atoms with Gasteiger partial charge in [-0.15, -0.1) is 0 Å². The average molecular weight is 292 g/mol. The van der Waals surface area contributed by atoms with E-state index in [4.69, 9.17) is 9.84 Å². The molecule has 0 unspecified atom stereocenters. The van der Waals surface area contributed by atoms with Crippen LogP contribution in [0.25, 0.3) is 0 Å². The van der Waals surface area contributed by atoms with Crippen molar-refractivity contribution < 1.29 is 19.4 Å². The molecular formula is C15H20N2O4. The molecule has 2 rings (SSSR count). The van der Waals surface area contributed by atoms with Crippen LogP contribution in [0, 0.1) is 0 Å². The van der Waals surface area contributed by atoms with Crippen molar-refractivity contribution >= 4 is 11.9 Å². The lowest BCUT2D eigenvalue weighted by Crippen LogP contribution is -2.59. The Balaban J connectivity index is 1.82. The van der Waals surface area contributed by atoms with E-state index in [9.17, 15) is 9.59 Å². The summed E-state index contributed by atoms with van der Waals surface area (Å²) in [5.74, 6) is -1.09. The second-order valence-electron chi connectivity index (χ2n) is 5.46. The molecule has 0 aromatic heterocycles. The van der Waals surface area contributed by atoms with E-state index in [1.807, 2.05) is 19.1 Å². The normalized spacial score (nSPS) is 16.0. The van der Waals surface area contributed by atoms with Gasteiger partial charge in [-0.25, -0.2) is 0 Å². The summed E-state index contributed by atoms with van der Waals surface area (Å²) < 4.78 is 5.54. The number of carbonyl (C=O) groups excluding carboxylic acids is 1. The Bertz CT molecular complexity index is 526. The second-order valence-corrected chi connectivity index (χ2v) is 5.46. The molecule has 0 atom stereocenters. The van der Waals surface area contributed by atoms with E-state index in [1.54, 1.807) is 12.1 Å². The summed E-state index contributed by atoms with van der Waals surface area (Å²) in [6.07, 6.45) is -0.0493. The molecule has 1 aliphatic rings. The quantitative estimate of drug-likeness (QED) is 0.673. The highest BCUT2D eigenvalue weighted by atomic mass is 16.5. The van der Waals surface area contributed by atoms with Gasteiger partial charge in [0.05, 0.1) is 12.0 Å². The van der Waals surface area contributed by atoms with Crippen LogP contribution >= 0.6 is 0 Å². The average Bonchev–Trinajstić information content (AvgIpc) is 2.41. The Hall–Kier alpha value is -1.92. The monoisotopic (exact) mass is 292 g/mol. The first-order valence-electron chi connectivity index (χ1n) is 6.88. The molecule has 1 aromatic carbocycles. The van der Waals surface area contributed by atoms with Gasteiger partial charge in [0, 0.05) is 19.6 Å². The molecular weight excluding hydrogens is 272 g/mol. The molecule has 3 N–H and O–H groups in total. The third-order valence-electron chi connectivity index (χ3n) is 3.49. The molecule has 0 saturated carbocycles. The van der Waals surface area contributed by atoms with Crippen LogP contribution in [0.3, 0.4) is 0 Å². The van der Waals surface area contributed by atoms with Crippen molar-refractivity contribution in [3.8, 4) is 0 Å². The van der Waals surface area contributed by atoms with Gasteiger partial charge in [-0.3, -0.25) is 9.59 Å². The third-order valence-corrected chi connectivity index (χ3v) is 3.49. The zero-order chi connectivity index (χ0) is 15.3. The summed E-state index contributed by atoms with van der Waals surface area (Å²) in [6.45, 7) is 3.78. The van der Waals surface area contributed by atoms with E-state index in [1.165, 1.54) is 0 Å². The fourth-order valence-electron chi connectivity index (χ4n) is 2.13. The molecule has 0 spiro atoms. The molecule has 1 saturated heterocycles. The molecule has 1 fully saturated rings. The summed E-state index contributed by atoms with van der Waals surface area (Å²) >= 11 is 0. The maximum atomic E-state index is 11.8. The Kier molecular flexibility index (Phi) is 4.93. The second kappa shape index (κ2) is 6.69. The van der Waals surface area contributed by atoms with Crippen molar-refractivity contribution in [2.24, 2.45) is 0 Å². The molecule has 21 heavy (non-hydrogen) atoms. The molecule has 0 aliphatic carbocycles. The lowest BCUT2D eigenvalue weighted by molar-refractivity contribution is -0.136. The van der Waals surface area contributed by atoms with E-state index in [-0.39, 0.29) is 24.5 Å². The molecule has 1 aromatic rings. The Labute approximate surface area is 123 Å². The van der Waals surface area contributed by atoms with Gasteiger partial charge in [0.15, 0.2) is 0 Å². The van der Waals surface area contributed by atoms with Crippen LogP contribution in [0.5, 0.6) is 0 Å². The largest absolute Gasteiger partial charge is 0.481 e. The minimum atomic E-state index is -0.887. The highest BCUT2D eigenvalue weighted by molar-refractivity contribution is 5.77. The number of carbonyl (C=O) groups is 2. The number of aliphatic carboxylic acids is 1. The van der Waals surface area contributed by atoms with Crippen molar-refractivity contribution in [2.45, 2.75) is 25.5 Å². The number of benzene rings is 1. The SMILES string of the molecule is CC1(OCC(=O)NCc2ccccc2CC(=O)O)CNC1. The first kappa shape index (κ1) is 15.5. The van der Waals surface area contributed by atoms with Crippen LogP contribution in [-0.4, -0.2) is 42.3 Å². The summed E-state index contributed by atoms with van der Waals surface area (Å²) in [7, 11) is 0. The first-order valence-corrected chi connectivity index (χ1v) is 6.88. The highest BCUT2D eigenvalue weighted by Crippen LogP contribution is 2.14. The van der Waals surface area contributed by atoms with Gasteiger partial charge >= 0.3 is 5.97 Å². The van der Waals surface area contributed by atoms with Gasteiger partial charge in [-0.2, -0.15) is 0 Å². The molecule has 6 heteroatoms. The molecule has 1 heterocycles. The van der Waals surface area contributed by atoms with Gasteiger partial charge in [0.1, 0.15) is 6.61 Å². The van der Waals surface area contributed by atoms with E-state index in [0.29, 0.717) is 12.1 Å². The fraction of sp³-hybridized carbons (Fsp3) is 0.467. The number of nitrogens with one attached hydrogen (secondary N) is 2. The minimum Gasteiger partial charge on any atom is -0.481 e.